The van der Waals surface area contributed by atoms with Gasteiger partial charge in [0.15, 0.2) is 0 Å². The van der Waals surface area contributed by atoms with Gasteiger partial charge in [-0.1, -0.05) is 13.8 Å². The van der Waals surface area contributed by atoms with Crippen molar-refractivity contribution in [2.45, 2.75) is 25.9 Å². The number of rotatable bonds is 5. The van der Waals surface area contributed by atoms with Crippen molar-refractivity contribution in [3.05, 3.63) is 41.6 Å². The van der Waals surface area contributed by atoms with Crippen molar-refractivity contribution in [2.24, 2.45) is 7.05 Å². The number of amides is 1. The summed E-state index contributed by atoms with van der Waals surface area (Å²) in [5, 5.41) is 16.8. The van der Waals surface area contributed by atoms with E-state index in [1.807, 2.05) is 13.8 Å². The Balaban J connectivity index is 1.98. The summed E-state index contributed by atoms with van der Waals surface area (Å²) >= 11 is 0. The van der Waals surface area contributed by atoms with Crippen molar-refractivity contribution in [1.29, 1.82) is 0 Å². The Morgan fingerprint density at radius 1 is 1.55 bits per heavy atom. The quantitative estimate of drug-likeness (QED) is 0.870. The largest absolute Gasteiger partial charge is 0.467 e. The lowest BCUT2D eigenvalue weighted by atomic mass is 10.1. The van der Waals surface area contributed by atoms with Crippen LogP contribution < -0.4 is 5.32 Å². The van der Waals surface area contributed by atoms with E-state index >= 15 is 0 Å². The van der Waals surface area contributed by atoms with Gasteiger partial charge in [0, 0.05) is 7.05 Å². The first-order chi connectivity index (χ1) is 9.49. The summed E-state index contributed by atoms with van der Waals surface area (Å²) in [5.74, 6) is 0.423. The monoisotopic (exact) mass is 277 g/mol. The molecule has 0 radical (unpaired) electrons. The van der Waals surface area contributed by atoms with E-state index < -0.39 is 6.10 Å². The van der Waals surface area contributed by atoms with Crippen LogP contribution in [0.25, 0.3) is 0 Å². The topological polar surface area (TPSA) is 80.3 Å². The summed E-state index contributed by atoms with van der Waals surface area (Å²) in [6.07, 6.45) is 0.628. The van der Waals surface area contributed by atoms with Crippen LogP contribution in [0.1, 0.15) is 47.8 Å². The molecule has 2 N–H and O–H groups in total. The smallest absolute Gasteiger partial charge is 0.269 e. The van der Waals surface area contributed by atoms with E-state index in [2.05, 4.69) is 10.4 Å². The standard InChI is InChI=1S/C14H19N3O3/c1-9(2)10-7-11(17(3)16-10)14(19)15-8-12(18)13-5-4-6-20-13/h4-7,9,12,18H,8H2,1-3H3,(H,15,19). The van der Waals surface area contributed by atoms with Gasteiger partial charge in [0.2, 0.25) is 0 Å². The molecular formula is C14H19N3O3. The Kier molecular flexibility index (Phi) is 4.24. The summed E-state index contributed by atoms with van der Waals surface area (Å²) in [6.45, 7) is 4.13. The highest BCUT2D eigenvalue weighted by atomic mass is 16.4. The number of carbonyl (C=O) groups is 1. The second-order valence-corrected chi connectivity index (χ2v) is 4.97. The van der Waals surface area contributed by atoms with Crippen molar-refractivity contribution >= 4 is 5.91 Å². The first-order valence-electron chi connectivity index (χ1n) is 6.52. The Hall–Kier alpha value is -2.08. The predicted molar refractivity (Wildman–Crippen MR) is 73.3 cm³/mol. The van der Waals surface area contributed by atoms with Crippen molar-refractivity contribution in [2.75, 3.05) is 6.54 Å². The number of aliphatic hydroxyl groups excluding tert-OH is 1. The SMILES string of the molecule is CC(C)c1cc(C(=O)NCC(O)c2ccco2)n(C)n1. The first-order valence-corrected chi connectivity index (χ1v) is 6.52. The molecule has 0 saturated carbocycles. The lowest BCUT2D eigenvalue weighted by Gasteiger charge is -2.09. The Labute approximate surface area is 117 Å². The third-order valence-corrected chi connectivity index (χ3v) is 3.05. The average Bonchev–Trinajstić information content (AvgIpc) is 3.04. The van der Waals surface area contributed by atoms with Gasteiger partial charge in [-0.15, -0.1) is 0 Å². The fourth-order valence-corrected chi connectivity index (χ4v) is 1.85. The maximum Gasteiger partial charge on any atom is 0.269 e. The molecular weight excluding hydrogens is 258 g/mol. The lowest BCUT2D eigenvalue weighted by Crippen LogP contribution is -2.29. The summed E-state index contributed by atoms with van der Waals surface area (Å²) in [7, 11) is 1.73. The van der Waals surface area contributed by atoms with Crippen LogP contribution in [0.15, 0.2) is 28.9 Å². The summed E-state index contributed by atoms with van der Waals surface area (Å²) in [5.41, 5.74) is 1.34. The molecule has 0 spiro atoms. The van der Waals surface area contributed by atoms with E-state index in [9.17, 15) is 9.90 Å². The van der Waals surface area contributed by atoms with Gasteiger partial charge in [0.25, 0.3) is 5.91 Å². The van der Waals surface area contributed by atoms with Gasteiger partial charge in [0.1, 0.15) is 17.6 Å². The number of carbonyl (C=O) groups excluding carboxylic acids is 1. The molecule has 6 nitrogen and oxygen atoms in total. The maximum atomic E-state index is 12.1. The van der Waals surface area contributed by atoms with E-state index in [0.717, 1.165) is 5.69 Å². The fraction of sp³-hybridized carbons (Fsp3) is 0.429. The minimum atomic E-state index is -0.855. The molecule has 6 heteroatoms. The van der Waals surface area contributed by atoms with Gasteiger partial charge in [-0.05, 0) is 24.1 Å². The number of hydrogen-bond donors (Lipinski definition) is 2. The van der Waals surface area contributed by atoms with Gasteiger partial charge < -0.3 is 14.8 Å². The number of hydrogen-bond acceptors (Lipinski definition) is 4. The third kappa shape index (κ3) is 3.08. The second kappa shape index (κ2) is 5.92. The molecule has 0 aromatic carbocycles. The van der Waals surface area contributed by atoms with Crippen LogP contribution in [-0.4, -0.2) is 27.3 Å². The zero-order chi connectivity index (χ0) is 14.7. The molecule has 0 aliphatic carbocycles. The molecule has 1 unspecified atom stereocenters. The number of aromatic nitrogens is 2. The molecule has 0 fully saturated rings. The maximum absolute atomic E-state index is 12.1. The van der Waals surface area contributed by atoms with Crippen LogP contribution in [-0.2, 0) is 7.05 Å². The Morgan fingerprint density at radius 3 is 2.85 bits per heavy atom. The highest BCUT2D eigenvalue weighted by Crippen LogP contribution is 2.15. The number of nitrogens with one attached hydrogen (secondary N) is 1. The predicted octanol–water partition coefficient (Wildman–Crippen LogP) is 1.60. The average molecular weight is 277 g/mol. The molecule has 0 bridgehead atoms. The van der Waals surface area contributed by atoms with Crippen LogP contribution in [0.3, 0.4) is 0 Å². The summed E-state index contributed by atoms with van der Waals surface area (Å²) in [4.78, 5) is 12.1. The molecule has 2 aromatic heterocycles. The van der Waals surface area contributed by atoms with Gasteiger partial charge in [-0.25, -0.2) is 0 Å². The van der Waals surface area contributed by atoms with Gasteiger partial charge in [-0.2, -0.15) is 5.10 Å². The molecule has 0 aliphatic heterocycles. The minimum absolute atomic E-state index is 0.0918. The fourth-order valence-electron chi connectivity index (χ4n) is 1.85. The number of aliphatic hydroxyl groups is 1. The van der Waals surface area contributed by atoms with Crippen molar-refractivity contribution < 1.29 is 14.3 Å². The minimum Gasteiger partial charge on any atom is -0.467 e. The molecule has 20 heavy (non-hydrogen) atoms. The number of nitrogens with zero attached hydrogens (tertiary/aromatic N) is 2. The lowest BCUT2D eigenvalue weighted by molar-refractivity contribution is 0.0892. The van der Waals surface area contributed by atoms with Gasteiger partial charge >= 0.3 is 0 Å². The summed E-state index contributed by atoms with van der Waals surface area (Å²) < 4.78 is 6.62. The first kappa shape index (κ1) is 14.3. The van der Waals surface area contributed by atoms with Gasteiger partial charge in [-0.3, -0.25) is 9.48 Å². The normalized spacial score (nSPS) is 12.7. The molecule has 108 valence electrons. The highest BCUT2D eigenvalue weighted by Gasteiger charge is 2.17. The summed E-state index contributed by atoms with van der Waals surface area (Å²) in [6, 6.07) is 5.12. The molecule has 1 amide bonds. The van der Waals surface area contributed by atoms with Crippen LogP contribution in [0.4, 0.5) is 0 Å². The zero-order valence-corrected chi connectivity index (χ0v) is 11.8. The molecule has 2 heterocycles. The molecule has 0 saturated heterocycles. The highest BCUT2D eigenvalue weighted by molar-refractivity contribution is 5.92. The molecule has 2 aromatic rings. The van der Waals surface area contributed by atoms with Crippen LogP contribution in [0, 0.1) is 0 Å². The number of furan rings is 1. The van der Waals surface area contributed by atoms with Crippen LogP contribution >= 0.6 is 0 Å². The number of aryl methyl sites for hydroxylation is 1. The van der Waals surface area contributed by atoms with E-state index in [-0.39, 0.29) is 18.4 Å². The van der Waals surface area contributed by atoms with Crippen LogP contribution in [0.2, 0.25) is 0 Å². The second-order valence-electron chi connectivity index (χ2n) is 4.97. The van der Waals surface area contributed by atoms with Crippen molar-refractivity contribution in [1.82, 2.24) is 15.1 Å². The van der Waals surface area contributed by atoms with Crippen LogP contribution in [0.5, 0.6) is 0 Å². The van der Waals surface area contributed by atoms with E-state index in [1.54, 1.807) is 29.9 Å². The van der Waals surface area contributed by atoms with E-state index in [0.29, 0.717) is 11.5 Å². The Morgan fingerprint density at radius 2 is 2.30 bits per heavy atom. The third-order valence-electron chi connectivity index (χ3n) is 3.05. The van der Waals surface area contributed by atoms with Crippen molar-refractivity contribution in [3.63, 3.8) is 0 Å². The van der Waals surface area contributed by atoms with E-state index in [4.69, 9.17) is 4.42 Å². The Bertz CT molecular complexity index is 573. The van der Waals surface area contributed by atoms with Crippen molar-refractivity contribution in [3.8, 4) is 0 Å². The zero-order valence-electron chi connectivity index (χ0n) is 11.8. The molecule has 0 aliphatic rings. The molecule has 2 rings (SSSR count). The molecule has 1 atom stereocenters. The van der Waals surface area contributed by atoms with E-state index in [1.165, 1.54) is 6.26 Å². The van der Waals surface area contributed by atoms with Gasteiger partial charge in [0.05, 0.1) is 18.5 Å².